The Morgan fingerprint density at radius 2 is 2.20 bits per heavy atom. The van der Waals surface area contributed by atoms with Crippen molar-refractivity contribution in [2.45, 2.75) is 6.54 Å². The molecule has 1 amide bonds. The third kappa shape index (κ3) is 2.49. The molecule has 6 nitrogen and oxygen atoms in total. The lowest BCUT2D eigenvalue weighted by molar-refractivity contribution is 0.186. The Bertz CT molecular complexity index is 731. The Morgan fingerprint density at radius 3 is 2.95 bits per heavy atom. The number of nitrogens with zero attached hydrogens (tertiary/aromatic N) is 2. The maximum atomic E-state index is 11.1. The first kappa shape index (κ1) is 12.3. The van der Waals surface area contributed by atoms with Crippen molar-refractivity contribution in [3.63, 3.8) is 0 Å². The summed E-state index contributed by atoms with van der Waals surface area (Å²) < 4.78 is 6.62. The zero-order chi connectivity index (χ0) is 13.9. The van der Waals surface area contributed by atoms with Crippen molar-refractivity contribution in [3.05, 3.63) is 48.3 Å². The molecule has 0 fully saturated rings. The van der Waals surface area contributed by atoms with Crippen molar-refractivity contribution >= 4 is 23.1 Å². The Hall–Kier alpha value is -2.76. The number of carbonyl (C=O) groups excluding carboxylic acids is 1. The molecule has 2 aromatic heterocycles. The summed E-state index contributed by atoms with van der Waals surface area (Å²) in [4.78, 5) is 18.5. The zero-order valence-corrected chi connectivity index (χ0v) is 11.0. The van der Waals surface area contributed by atoms with E-state index in [1.54, 1.807) is 0 Å². The van der Waals surface area contributed by atoms with Crippen molar-refractivity contribution in [2.75, 3.05) is 12.4 Å². The fourth-order valence-electron chi connectivity index (χ4n) is 2.05. The van der Waals surface area contributed by atoms with Crippen molar-refractivity contribution < 1.29 is 9.53 Å². The lowest BCUT2D eigenvalue weighted by Crippen LogP contribution is -2.11. The van der Waals surface area contributed by atoms with E-state index < -0.39 is 6.09 Å². The number of anilines is 1. The average molecular weight is 270 g/mol. The van der Waals surface area contributed by atoms with Gasteiger partial charge in [-0.15, -0.1) is 0 Å². The van der Waals surface area contributed by atoms with E-state index in [1.807, 2.05) is 42.7 Å². The van der Waals surface area contributed by atoms with E-state index in [9.17, 15) is 4.79 Å². The van der Waals surface area contributed by atoms with Crippen LogP contribution in [0.2, 0.25) is 0 Å². The molecule has 0 unspecified atom stereocenters. The van der Waals surface area contributed by atoms with E-state index >= 15 is 0 Å². The van der Waals surface area contributed by atoms with Crippen LogP contribution in [0.3, 0.4) is 0 Å². The van der Waals surface area contributed by atoms with Gasteiger partial charge in [-0.3, -0.25) is 5.32 Å². The van der Waals surface area contributed by atoms with Gasteiger partial charge >= 0.3 is 6.09 Å². The molecule has 0 saturated carbocycles. The monoisotopic (exact) mass is 270 g/mol. The average Bonchev–Trinajstić information content (AvgIpc) is 3.07. The summed E-state index contributed by atoms with van der Waals surface area (Å²) in [6.07, 6.45) is 3.49. The summed E-state index contributed by atoms with van der Waals surface area (Å²) in [7, 11) is 1.31. The molecule has 0 atom stereocenters. The van der Waals surface area contributed by atoms with E-state index in [0.29, 0.717) is 5.95 Å². The van der Waals surface area contributed by atoms with E-state index in [4.69, 9.17) is 0 Å². The highest BCUT2D eigenvalue weighted by molar-refractivity contribution is 5.86. The molecule has 0 radical (unpaired) electrons. The van der Waals surface area contributed by atoms with Crippen LogP contribution in [0.4, 0.5) is 10.7 Å². The number of aromatic amines is 1. The third-order valence-electron chi connectivity index (χ3n) is 2.98. The summed E-state index contributed by atoms with van der Waals surface area (Å²) in [6.45, 7) is 0.793. The number of hydrogen-bond donors (Lipinski definition) is 2. The number of aromatic nitrogens is 3. The molecule has 20 heavy (non-hydrogen) atoms. The number of rotatable bonds is 3. The van der Waals surface area contributed by atoms with E-state index in [-0.39, 0.29) is 0 Å². The molecule has 3 aromatic rings. The van der Waals surface area contributed by atoms with Gasteiger partial charge < -0.3 is 14.3 Å². The first-order valence-corrected chi connectivity index (χ1v) is 6.19. The molecule has 0 spiro atoms. The van der Waals surface area contributed by atoms with Crippen molar-refractivity contribution in [1.82, 2.24) is 14.5 Å². The van der Waals surface area contributed by atoms with Gasteiger partial charge in [0.05, 0.1) is 18.1 Å². The molecular formula is C14H14N4O2. The fraction of sp³-hybridized carbons (Fsp3) is 0.143. The van der Waals surface area contributed by atoms with Crippen LogP contribution in [0.15, 0.2) is 42.7 Å². The number of methoxy groups -OCH3 is 1. The molecule has 1 aromatic carbocycles. The standard InChI is InChI=1S/C14H14N4O2/c1-20-14(19)17-13-15-11-5-4-10(8-12(11)16-13)9-18-6-2-3-7-18/h2-8H,9H2,1H3,(H2,15,16,17,19). The second kappa shape index (κ2) is 5.08. The number of carbonyl (C=O) groups is 1. The van der Waals surface area contributed by atoms with Crippen LogP contribution in [0, 0.1) is 0 Å². The van der Waals surface area contributed by atoms with Gasteiger partial charge in [0.25, 0.3) is 0 Å². The molecule has 102 valence electrons. The summed E-state index contributed by atoms with van der Waals surface area (Å²) in [5.74, 6) is 0.380. The van der Waals surface area contributed by atoms with Gasteiger partial charge in [0.1, 0.15) is 0 Å². The highest BCUT2D eigenvalue weighted by Crippen LogP contribution is 2.17. The number of nitrogens with one attached hydrogen (secondary N) is 2. The van der Waals surface area contributed by atoms with Crippen molar-refractivity contribution in [2.24, 2.45) is 0 Å². The maximum absolute atomic E-state index is 11.1. The van der Waals surface area contributed by atoms with Gasteiger partial charge in [0, 0.05) is 18.9 Å². The minimum absolute atomic E-state index is 0.380. The summed E-state index contributed by atoms with van der Waals surface area (Å²) in [5.41, 5.74) is 2.83. The van der Waals surface area contributed by atoms with Gasteiger partial charge in [0.2, 0.25) is 5.95 Å². The molecule has 0 aliphatic rings. The topological polar surface area (TPSA) is 71.9 Å². The van der Waals surface area contributed by atoms with Crippen LogP contribution >= 0.6 is 0 Å². The van der Waals surface area contributed by atoms with Crippen LogP contribution in [-0.2, 0) is 11.3 Å². The minimum atomic E-state index is -0.545. The number of ether oxygens (including phenoxy) is 1. The first-order chi connectivity index (χ1) is 9.74. The smallest absolute Gasteiger partial charge is 0.413 e. The largest absolute Gasteiger partial charge is 0.453 e. The highest BCUT2D eigenvalue weighted by Gasteiger charge is 2.07. The van der Waals surface area contributed by atoms with Crippen molar-refractivity contribution in [1.29, 1.82) is 0 Å². The Labute approximate surface area is 115 Å². The summed E-state index contributed by atoms with van der Waals surface area (Å²) >= 11 is 0. The van der Waals surface area contributed by atoms with Gasteiger partial charge in [0.15, 0.2) is 0 Å². The first-order valence-electron chi connectivity index (χ1n) is 6.19. The number of amides is 1. The Kier molecular flexibility index (Phi) is 3.12. The molecule has 0 saturated heterocycles. The van der Waals surface area contributed by atoms with Gasteiger partial charge in [-0.2, -0.15) is 0 Å². The maximum Gasteiger partial charge on any atom is 0.413 e. The normalized spacial score (nSPS) is 10.7. The number of hydrogen-bond acceptors (Lipinski definition) is 3. The zero-order valence-electron chi connectivity index (χ0n) is 11.0. The second-order valence-electron chi connectivity index (χ2n) is 4.41. The molecular weight excluding hydrogens is 256 g/mol. The van der Waals surface area contributed by atoms with E-state index in [2.05, 4.69) is 24.6 Å². The molecule has 0 aliphatic carbocycles. The van der Waals surface area contributed by atoms with Crippen LogP contribution < -0.4 is 5.32 Å². The minimum Gasteiger partial charge on any atom is -0.453 e. The molecule has 0 bridgehead atoms. The second-order valence-corrected chi connectivity index (χ2v) is 4.41. The Balaban J connectivity index is 1.85. The predicted molar refractivity (Wildman–Crippen MR) is 75.7 cm³/mol. The van der Waals surface area contributed by atoms with E-state index in [1.165, 1.54) is 7.11 Å². The predicted octanol–water partition coefficient (Wildman–Crippen LogP) is 2.59. The van der Waals surface area contributed by atoms with Crippen molar-refractivity contribution in [3.8, 4) is 0 Å². The van der Waals surface area contributed by atoms with Gasteiger partial charge in [-0.25, -0.2) is 9.78 Å². The molecule has 2 heterocycles. The molecule has 0 aliphatic heterocycles. The van der Waals surface area contributed by atoms with Crippen LogP contribution in [-0.4, -0.2) is 27.7 Å². The number of H-pyrrole nitrogens is 1. The number of benzene rings is 1. The number of fused-ring (bicyclic) bond motifs is 1. The quantitative estimate of drug-likeness (QED) is 0.768. The summed E-state index contributed by atoms with van der Waals surface area (Å²) in [5, 5.41) is 2.51. The molecule has 2 N–H and O–H groups in total. The van der Waals surface area contributed by atoms with Crippen LogP contribution in [0.25, 0.3) is 11.0 Å². The Morgan fingerprint density at radius 1 is 1.40 bits per heavy atom. The van der Waals surface area contributed by atoms with Crippen LogP contribution in [0.5, 0.6) is 0 Å². The lowest BCUT2D eigenvalue weighted by Gasteiger charge is -2.02. The lowest BCUT2D eigenvalue weighted by atomic mass is 10.2. The number of imidazole rings is 1. The highest BCUT2D eigenvalue weighted by atomic mass is 16.5. The van der Waals surface area contributed by atoms with E-state index in [0.717, 1.165) is 23.1 Å². The van der Waals surface area contributed by atoms with Gasteiger partial charge in [-0.05, 0) is 29.8 Å². The summed E-state index contributed by atoms with van der Waals surface area (Å²) in [6, 6.07) is 9.95. The molecule has 3 rings (SSSR count). The third-order valence-corrected chi connectivity index (χ3v) is 2.98. The SMILES string of the molecule is COC(=O)Nc1nc2ccc(Cn3cccc3)cc2[nH]1. The fourth-order valence-corrected chi connectivity index (χ4v) is 2.05. The van der Waals surface area contributed by atoms with Gasteiger partial charge in [-0.1, -0.05) is 6.07 Å². The molecule has 6 heteroatoms. The van der Waals surface area contributed by atoms with Crippen LogP contribution in [0.1, 0.15) is 5.56 Å².